The molecule has 0 spiro atoms. The number of nitrogens with one attached hydrogen (secondary N) is 2. The molecular weight excluding hydrogens is 224 g/mol. The van der Waals surface area contributed by atoms with E-state index in [4.69, 9.17) is 0 Å². The van der Waals surface area contributed by atoms with Gasteiger partial charge in [-0.25, -0.2) is 0 Å². The quantitative estimate of drug-likeness (QED) is 0.716. The molecule has 2 N–H and O–H groups in total. The van der Waals surface area contributed by atoms with Crippen LogP contribution in [-0.2, 0) is 4.79 Å². The van der Waals surface area contributed by atoms with Crippen LogP contribution in [0.1, 0.15) is 59.8 Å². The first kappa shape index (κ1) is 15.5. The number of carbonyl (C=O) groups is 1. The third-order valence-electron chi connectivity index (χ3n) is 4.12. The summed E-state index contributed by atoms with van der Waals surface area (Å²) in [6, 6.07) is 0.441. The third-order valence-corrected chi connectivity index (χ3v) is 4.12. The fourth-order valence-electron chi connectivity index (χ4n) is 2.85. The molecule has 1 rings (SSSR count). The summed E-state index contributed by atoms with van der Waals surface area (Å²) in [6.45, 7) is 9.55. The summed E-state index contributed by atoms with van der Waals surface area (Å²) in [5, 5.41) is 6.50. The van der Waals surface area contributed by atoms with Crippen LogP contribution < -0.4 is 10.6 Å². The zero-order valence-electron chi connectivity index (χ0n) is 12.5. The molecular formula is C15H30N2O. The molecule has 0 saturated heterocycles. The van der Waals surface area contributed by atoms with Gasteiger partial charge in [0.1, 0.15) is 0 Å². The Balaban J connectivity index is 2.30. The molecule has 0 aromatic carbocycles. The first-order valence-electron chi connectivity index (χ1n) is 7.58. The highest BCUT2D eigenvalue weighted by molar-refractivity contribution is 5.81. The van der Waals surface area contributed by atoms with Crippen LogP contribution in [0.4, 0.5) is 0 Å². The van der Waals surface area contributed by atoms with Crippen molar-refractivity contribution in [2.75, 3.05) is 6.54 Å². The lowest BCUT2D eigenvalue weighted by Crippen LogP contribution is -2.50. The molecule has 18 heavy (non-hydrogen) atoms. The second-order valence-corrected chi connectivity index (χ2v) is 6.03. The van der Waals surface area contributed by atoms with Crippen molar-refractivity contribution >= 4 is 5.91 Å². The topological polar surface area (TPSA) is 41.1 Å². The van der Waals surface area contributed by atoms with Crippen LogP contribution >= 0.6 is 0 Å². The van der Waals surface area contributed by atoms with Crippen LogP contribution in [0.15, 0.2) is 0 Å². The van der Waals surface area contributed by atoms with Gasteiger partial charge < -0.3 is 10.6 Å². The van der Waals surface area contributed by atoms with E-state index in [1.54, 1.807) is 0 Å². The molecule has 1 aliphatic rings. The lowest BCUT2D eigenvalue weighted by atomic mass is 9.79. The standard InChI is InChI=1S/C15H30N2O/c1-5-6-9-16-15(18)13(4)17-14-8-7-11(2)10-12(14)3/h11-14,17H,5-10H2,1-4H3,(H,16,18). The van der Waals surface area contributed by atoms with Crippen molar-refractivity contribution in [1.29, 1.82) is 0 Å². The minimum atomic E-state index is -0.0669. The van der Waals surface area contributed by atoms with E-state index in [1.807, 2.05) is 6.92 Å². The van der Waals surface area contributed by atoms with E-state index in [0.717, 1.165) is 25.3 Å². The number of unbranched alkanes of at least 4 members (excludes halogenated alkanes) is 1. The number of hydrogen-bond acceptors (Lipinski definition) is 2. The van der Waals surface area contributed by atoms with Gasteiger partial charge in [-0.05, 0) is 44.4 Å². The largest absolute Gasteiger partial charge is 0.355 e. The SMILES string of the molecule is CCCCNC(=O)C(C)NC1CCC(C)CC1C. The Hall–Kier alpha value is -0.570. The molecule has 0 aromatic heterocycles. The van der Waals surface area contributed by atoms with Gasteiger partial charge >= 0.3 is 0 Å². The summed E-state index contributed by atoms with van der Waals surface area (Å²) >= 11 is 0. The van der Waals surface area contributed by atoms with Gasteiger partial charge in [0.05, 0.1) is 6.04 Å². The van der Waals surface area contributed by atoms with Crippen LogP contribution in [0.3, 0.4) is 0 Å². The molecule has 0 radical (unpaired) electrons. The summed E-state index contributed by atoms with van der Waals surface area (Å²) in [4.78, 5) is 11.9. The van der Waals surface area contributed by atoms with E-state index in [1.165, 1.54) is 19.3 Å². The molecule has 0 aliphatic heterocycles. The molecule has 0 heterocycles. The van der Waals surface area contributed by atoms with Gasteiger partial charge in [-0.2, -0.15) is 0 Å². The normalized spacial score (nSPS) is 29.9. The molecule has 1 fully saturated rings. The fourth-order valence-corrected chi connectivity index (χ4v) is 2.85. The van der Waals surface area contributed by atoms with Gasteiger partial charge in [0, 0.05) is 12.6 Å². The van der Waals surface area contributed by atoms with Crippen LogP contribution in [-0.4, -0.2) is 24.5 Å². The van der Waals surface area contributed by atoms with E-state index < -0.39 is 0 Å². The van der Waals surface area contributed by atoms with E-state index in [2.05, 4.69) is 31.4 Å². The summed E-state index contributed by atoms with van der Waals surface area (Å²) in [5.74, 6) is 1.67. The average molecular weight is 254 g/mol. The van der Waals surface area contributed by atoms with E-state index in [-0.39, 0.29) is 11.9 Å². The molecule has 1 aliphatic carbocycles. The first-order chi connectivity index (χ1) is 8.54. The summed E-state index contributed by atoms with van der Waals surface area (Å²) in [5.41, 5.74) is 0. The third kappa shape index (κ3) is 4.97. The second-order valence-electron chi connectivity index (χ2n) is 6.03. The molecule has 3 heteroatoms. The second kappa shape index (κ2) is 7.78. The van der Waals surface area contributed by atoms with Crippen molar-refractivity contribution in [3.8, 4) is 0 Å². The van der Waals surface area contributed by atoms with Gasteiger partial charge in [-0.15, -0.1) is 0 Å². The Morgan fingerprint density at radius 2 is 2.06 bits per heavy atom. The Morgan fingerprint density at radius 3 is 2.67 bits per heavy atom. The minimum Gasteiger partial charge on any atom is -0.355 e. The van der Waals surface area contributed by atoms with E-state index >= 15 is 0 Å². The van der Waals surface area contributed by atoms with Crippen LogP contribution in [0.25, 0.3) is 0 Å². The van der Waals surface area contributed by atoms with Crippen molar-refractivity contribution < 1.29 is 4.79 Å². The van der Waals surface area contributed by atoms with Gasteiger partial charge in [0.25, 0.3) is 0 Å². The maximum Gasteiger partial charge on any atom is 0.236 e. The van der Waals surface area contributed by atoms with Crippen molar-refractivity contribution in [2.24, 2.45) is 11.8 Å². The van der Waals surface area contributed by atoms with E-state index in [9.17, 15) is 4.79 Å². The molecule has 1 amide bonds. The van der Waals surface area contributed by atoms with Gasteiger partial charge in [0.2, 0.25) is 5.91 Å². The molecule has 3 nitrogen and oxygen atoms in total. The number of rotatable bonds is 6. The van der Waals surface area contributed by atoms with Crippen molar-refractivity contribution in [2.45, 2.75) is 71.9 Å². The lowest BCUT2D eigenvalue weighted by molar-refractivity contribution is -0.123. The smallest absolute Gasteiger partial charge is 0.236 e. The summed E-state index contributed by atoms with van der Waals surface area (Å²) in [6.07, 6.45) is 5.96. The number of amides is 1. The zero-order valence-corrected chi connectivity index (χ0v) is 12.5. The highest BCUT2D eigenvalue weighted by Crippen LogP contribution is 2.28. The average Bonchev–Trinajstić information content (AvgIpc) is 2.32. The van der Waals surface area contributed by atoms with Crippen molar-refractivity contribution in [3.63, 3.8) is 0 Å². The number of carbonyl (C=O) groups excluding carboxylic acids is 1. The molecule has 0 bridgehead atoms. The summed E-state index contributed by atoms with van der Waals surface area (Å²) in [7, 11) is 0. The zero-order chi connectivity index (χ0) is 13.5. The van der Waals surface area contributed by atoms with Gasteiger partial charge in [-0.1, -0.05) is 27.2 Å². The predicted molar refractivity (Wildman–Crippen MR) is 76.5 cm³/mol. The molecule has 106 valence electrons. The minimum absolute atomic E-state index is 0.0669. The molecule has 1 saturated carbocycles. The lowest BCUT2D eigenvalue weighted by Gasteiger charge is -2.34. The Morgan fingerprint density at radius 1 is 1.33 bits per heavy atom. The first-order valence-corrected chi connectivity index (χ1v) is 7.58. The van der Waals surface area contributed by atoms with Crippen LogP contribution in [0.5, 0.6) is 0 Å². The highest BCUT2D eigenvalue weighted by atomic mass is 16.2. The van der Waals surface area contributed by atoms with E-state index in [0.29, 0.717) is 12.0 Å². The van der Waals surface area contributed by atoms with Crippen molar-refractivity contribution in [1.82, 2.24) is 10.6 Å². The monoisotopic (exact) mass is 254 g/mol. The predicted octanol–water partition coefficient (Wildman–Crippen LogP) is 2.71. The molecule has 4 unspecified atom stereocenters. The maximum absolute atomic E-state index is 11.9. The Labute approximate surface area is 112 Å². The van der Waals surface area contributed by atoms with Crippen molar-refractivity contribution in [3.05, 3.63) is 0 Å². The summed E-state index contributed by atoms with van der Waals surface area (Å²) < 4.78 is 0. The van der Waals surface area contributed by atoms with Crippen LogP contribution in [0, 0.1) is 11.8 Å². The molecule has 0 aromatic rings. The maximum atomic E-state index is 11.9. The van der Waals surface area contributed by atoms with Gasteiger partial charge in [0.15, 0.2) is 0 Å². The highest BCUT2D eigenvalue weighted by Gasteiger charge is 2.27. The fraction of sp³-hybridized carbons (Fsp3) is 0.933. The number of hydrogen-bond donors (Lipinski definition) is 2. The van der Waals surface area contributed by atoms with Gasteiger partial charge in [-0.3, -0.25) is 4.79 Å². The molecule has 4 atom stereocenters. The Kier molecular flexibility index (Phi) is 6.69. The Bertz CT molecular complexity index is 255. The van der Waals surface area contributed by atoms with Crippen LogP contribution in [0.2, 0.25) is 0 Å².